The number of rotatable bonds is 0. The van der Waals surface area contributed by atoms with E-state index in [-0.39, 0.29) is 0 Å². The van der Waals surface area contributed by atoms with Gasteiger partial charge < -0.3 is 4.98 Å². The molecule has 0 aliphatic carbocycles. The van der Waals surface area contributed by atoms with Gasteiger partial charge in [0.2, 0.25) is 0 Å². The van der Waals surface area contributed by atoms with Gasteiger partial charge in [0.25, 0.3) is 0 Å². The molecule has 3 rings (SSSR count). The van der Waals surface area contributed by atoms with Gasteiger partial charge in [-0.1, -0.05) is 11.6 Å². The van der Waals surface area contributed by atoms with E-state index in [0.717, 1.165) is 38.5 Å². The largest absolute Gasteiger partial charge is 0.359 e. The molecule has 0 saturated carbocycles. The summed E-state index contributed by atoms with van der Waals surface area (Å²) >= 11 is 6.26. The Morgan fingerprint density at radius 1 is 1.19 bits per heavy atom. The summed E-state index contributed by atoms with van der Waals surface area (Å²) in [6.07, 6.45) is 0. The Kier molecular flexibility index (Phi) is 1.91. The number of aryl methyl sites for hydroxylation is 2. The van der Waals surface area contributed by atoms with Crippen molar-refractivity contribution < 1.29 is 0 Å². The molecule has 80 valence electrons. The zero-order chi connectivity index (χ0) is 11.3. The molecule has 0 amide bonds. The fraction of sp³-hybridized carbons (Fsp3) is 0.167. The van der Waals surface area contributed by atoms with Crippen molar-refractivity contribution in [3.05, 3.63) is 34.7 Å². The highest BCUT2D eigenvalue weighted by molar-refractivity contribution is 6.37. The number of hydrogen-bond acceptors (Lipinski definition) is 2. The van der Waals surface area contributed by atoms with Crippen LogP contribution in [0.3, 0.4) is 0 Å². The average molecular weight is 232 g/mol. The van der Waals surface area contributed by atoms with Crippen LogP contribution in [0.2, 0.25) is 5.02 Å². The highest BCUT2D eigenvalue weighted by Gasteiger charge is 2.09. The lowest BCUT2D eigenvalue weighted by Gasteiger charge is -2.03. The summed E-state index contributed by atoms with van der Waals surface area (Å²) < 4.78 is 0. The van der Waals surface area contributed by atoms with Crippen molar-refractivity contribution in [2.24, 2.45) is 0 Å². The van der Waals surface area contributed by atoms with E-state index in [9.17, 15) is 0 Å². The molecule has 0 aliphatic heterocycles. The number of halogens is 1. The van der Waals surface area contributed by atoms with E-state index < -0.39 is 0 Å². The van der Waals surface area contributed by atoms with Crippen LogP contribution in [0.1, 0.15) is 11.5 Å². The molecule has 0 bridgehead atoms. The standard InChI is InChI=1S/C12H10ClN3/c1-6-5-8(13)11-9(14-6)3-4-10-12(11)16-7(2)15-10/h3-5,14H,1-2H3. The molecule has 0 atom stereocenters. The van der Waals surface area contributed by atoms with Crippen molar-refractivity contribution in [1.82, 2.24) is 15.0 Å². The van der Waals surface area contributed by atoms with E-state index in [1.165, 1.54) is 0 Å². The van der Waals surface area contributed by atoms with Crippen LogP contribution in [0.15, 0.2) is 18.2 Å². The van der Waals surface area contributed by atoms with Crippen molar-refractivity contribution in [1.29, 1.82) is 0 Å². The molecule has 1 N–H and O–H groups in total. The first kappa shape index (κ1) is 9.60. The van der Waals surface area contributed by atoms with Crippen molar-refractivity contribution >= 4 is 33.5 Å². The minimum atomic E-state index is 0.719. The quantitative estimate of drug-likeness (QED) is 0.645. The molecule has 0 aliphatic rings. The number of aromatic nitrogens is 3. The first-order valence-corrected chi connectivity index (χ1v) is 5.45. The number of hydrogen-bond donors (Lipinski definition) is 1. The summed E-state index contributed by atoms with van der Waals surface area (Å²) in [7, 11) is 0. The van der Waals surface area contributed by atoms with Crippen LogP contribution in [0, 0.1) is 13.8 Å². The summed E-state index contributed by atoms with van der Waals surface area (Å²) in [6, 6.07) is 5.86. The smallest absolute Gasteiger partial charge is 0.126 e. The van der Waals surface area contributed by atoms with Gasteiger partial charge in [-0.25, -0.2) is 9.97 Å². The van der Waals surface area contributed by atoms with Crippen molar-refractivity contribution in [3.63, 3.8) is 0 Å². The molecular weight excluding hydrogens is 222 g/mol. The number of pyridine rings is 1. The number of imidazole rings is 1. The van der Waals surface area contributed by atoms with E-state index in [1.807, 2.05) is 32.0 Å². The van der Waals surface area contributed by atoms with Crippen LogP contribution in [0.25, 0.3) is 21.9 Å². The number of fused-ring (bicyclic) bond motifs is 3. The Morgan fingerprint density at radius 2 is 2.00 bits per heavy atom. The van der Waals surface area contributed by atoms with Crippen LogP contribution in [0.4, 0.5) is 0 Å². The second kappa shape index (κ2) is 3.19. The van der Waals surface area contributed by atoms with Crippen LogP contribution < -0.4 is 0 Å². The van der Waals surface area contributed by atoms with Gasteiger partial charge in [0.05, 0.1) is 10.5 Å². The molecule has 0 spiro atoms. The summed E-state index contributed by atoms with van der Waals surface area (Å²) in [5.74, 6) is 0.777. The van der Waals surface area contributed by atoms with Gasteiger partial charge in [0.1, 0.15) is 11.3 Å². The fourth-order valence-electron chi connectivity index (χ4n) is 2.00. The number of aromatic amines is 1. The Labute approximate surface area is 97.5 Å². The third-order valence-corrected chi connectivity index (χ3v) is 2.92. The van der Waals surface area contributed by atoms with Gasteiger partial charge in [0, 0.05) is 16.6 Å². The molecule has 0 radical (unpaired) electrons. The van der Waals surface area contributed by atoms with Gasteiger partial charge >= 0.3 is 0 Å². The predicted molar refractivity (Wildman–Crippen MR) is 65.9 cm³/mol. The summed E-state index contributed by atoms with van der Waals surface area (Å²) in [5, 5.41) is 1.67. The molecule has 3 aromatic rings. The Morgan fingerprint density at radius 3 is 2.81 bits per heavy atom. The summed E-state index contributed by atoms with van der Waals surface area (Å²) in [6.45, 7) is 3.87. The van der Waals surface area contributed by atoms with E-state index in [2.05, 4.69) is 15.0 Å². The molecule has 2 heterocycles. The SMILES string of the molecule is Cc1nc2ccc3[nH]c(C)cc(Cl)c3c2n1. The van der Waals surface area contributed by atoms with Crippen molar-refractivity contribution in [2.75, 3.05) is 0 Å². The molecule has 0 fully saturated rings. The monoisotopic (exact) mass is 231 g/mol. The van der Waals surface area contributed by atoms with E-state index in [1.54, 1.807) is 0 Å². The van der Waals surface area contributed by atoms with Crippen molar-refractivity contribution in [3.8, 4) is 0 Å². The Balaban J connectivity index is 2.59. The Hall–Kier alpha value is -1.61. The number of nitrogens with zero attached hydrogens (tertiary/aromatic N) is 2. The number of nitrogens with one attached hydrogen (secondary N) is 1. The van der Waals surface area contributed by atoms with E-state index in [4.69, 9.17) is 11.6 Å². The van der Waals surface area contributed by atoms with Gasteiger partial charge in [-0.15, -0.1) is 0 Å². The van der Waals surface area contributed by atoms with Gasteiger partial charge in [-0.2, -0.15) is 0 Å². The third kappa shape index (κ3) is 1.28. The topological polar surface area (TPSA) is 41.6 Å². The maximum Gasteiger partial charge on any atom is 0.126 e. The fourth-order valence-corrected chi connectivity index (χ4v) is 2.36. The second-order valence-electron chi connectivity index (χ2n) is 3.93. The number of benzene rings is 1. The average Bonchev–Trinajstić information content (AvgIpc) is 2.56. The van der Waals surface area contributed by atoms with Gasteiger partial charge in [-0.3, -0.25) is 0 Å². The zero-order valence-corrected chi connectivity index (χ0v) is 9.76. The number of H-pyrrole nitrogens is 1. The third-order valence-electron chi connectivity index (χ3n) is 2.63. The van der Waals surface area contributed by atoms with Crippen LogP contribution in [0.5, 0.6) is 0 Å². The second-order valence-corrected chi connectivity index (χ2v) is 4.33. The lowest BCUT2D eigenvalue weighted by Crippen LogP contribution is -1.85. The van der Waals surface area contributed by atoms with Crippen LogP contribution in [-0.2, 0) is 0 Å². The van der Waals surface area contributed by atoms with Crippen LogP contribution >= 0.6 is 11.6 Å². The highest BCUT2D eigenvalue weighted by Crippen LogP contribution is 2.29. The predicted octanol–water partition coefficient (Wildman–Crippen LogP) is 3.38. The van der Waals surface area contributed by atoms with Gasteiger partial charge in [0.15, 0.2) is 0 Å². The molecule has 16 heavy (non-hydrogen) atoms. The molecule has 1 aromatic carbocycles. The molecule has 4 heteroatoms. The Bertz CT molecular complexity index is 700. The minimum absolute atomic E-state index is 0.719. The van der Waals surface area contributed by atoms with Crippen molar-refractivity contribution in [2.45, 2.75) is 13.8 Å². The zero-order valence-electron chi connectivity index (χ0n) is 9.00. The molecule has 0 unspecified atom stereocenters. The van der Waals surface area contributed by atoms with E-state index >= 15 is 0 Å². The molecule has 2 aromatic heterocycles. The maximum atomic E-state index is 6.26. The summed E-state index contributed by atoms with van der Waals surface area (Å²) in [4.78, 5) is 12.0. The maximum absolute atomic E-state index is 6.26. The summed E-state index contributed by atoms with van der Waals surface area (Å²) in [5.41, 5.74) is 3.80. The van der Waals surface area contributed by atoms with Crippen LogP contribution in [-0.4, -0.2) is 15.0 Å². The minimum Gasteiger partial charge on any atom is -0.359 e. The lowest BCUT2D eigenvalue weighted by atomic mass is 10.1. The molecule has 0 saturated heterocycles. The first-order valence-electron chi connectivity index (χ1n) is 5.07. The first-order chi connectivity index (χ1) is 7.65. The molecular formula is C12H10ClN3. The van der Waals surface area contributed by atoms with Gasteiger partial charge in [-0.05, 0) is 32.0 Å². The highest BCUT2D eigenvalue weighted by atomic mass is 35.5. The normalized spacial score (nSPS) is 11.4. The molecule has 3 nitrogen and oxygen atoms in total. The lowest BCUT2D eigenvalue weighted by molar-refractivity contribution is 1.17. The van der Waals surface area contributed by atoms with E-state index in [0.29, 0.717) is 0 Å².